The van der Waals surface area contributed by atoms with Crippen molar-refractivity contribution in [1.82, 2.24) is 31.7 Å². The van der Waals surface area contributed by atoms with Crippen LogP contribution in [0.25, 0.3) is 32.6 Å². The smallest absolute Gasteiger partial charge is 0.313 e. The average molecular weight is 1410 g/mol. The molecular formula is C82H82FN7O14. The van der Waals surface area contributed by atoms with E-state index in [2.05, 4.69) is 45.5 Å². The number of aryl methyl sites for hydroxylation is 1. The third-order valence-electron chi connectivity index (χ3n) is 20.1. The van der Waals surface area contributed by atoms with Crippen LogP contribution in [0.4, 0.5) is 10.2 Å². The highest BCUT2D eigenvalue weighted by Gasteiger charge is 2.66. The van der Waals surface area contributed by atoms with Crippen molar-refractivity contribution in [3.05, 3.63) is 251 Å². The van der Waals surface area contributed by atoms with Crippen molar-refractivity contribution in [2.45, 2.75) is 90.4 Å². The van der Waals surface area contributed by atoms with E-state index in [1.807, 2.05) is 159 Å². The van der Waals surface area contributed by atoms with Crippen molar-refractivity contribution in [3.63, 3.8) is 0 Å². The average Bonchev–Trinajstić information content (AvgIpc) is 1.55. The molecule has 3 saturated carbocycles. The lowest BCUT2D eigenvalue weighted by Gasteiger charge is -2.19. The number of nitrogens with zero attached hydrogens (tertiary/aromatic N) is 3. The lowest BCUT2D eigenvalue weighted by Crippen LogP contribution is -2.39. The number of benzene rings is 8. The molecule has 22 heteroatoms. The molecule has 0 spiro atoms. The summed E-state index contributed by atoms with van der Waals surface area (Å²) in [5.74, 6) is -3.17. The molecule has 4 aliphatic rings. The standard InChI is InChI=1S/C30H29N3O4.C27H28FN3O5.C25H25NO5/c1-20-16-22(25-12-5-6-13-27(25)32-20)19-37-24-11-7-10-23(17-24)30(18-26(30)28(34)33-36)29(35)31-15-14-21-8-3-2-4-9-21;1-35-26(33)27(15-20(27)25(32)30-34)14-17-8-9-23(21(28)12-17)36-16-18-13-24(31-10-4-5-11-31)29-22-7-3-2-6-19(18)22;1-2-30-24(28)25(15-22(25)23(27)26-29)14-17-8-11-21(12-9-17)31-16-18-7-10-19-5-3-4-6-20(19)13-18/h2-13,16-17,26,36H,14-15,18-19H2,1H3,(H,31,35)(H,33,34);2-3,6-9,12-13,20,34H,4-5,10-11,14-16H2,1H3,(H,30,32);3-13,22,29H,2,14-16H2,1H3,(H,26,27)/t26-,30-;20-,27+;22-,25+/m011/s1. The van der Waals surface area contributed by atoms with Gasteiger partial charge in [-0.2, -0.15) is 0 Å². The molecule has 4 amide bonds. The number of esters is 2. The van der Waals surface area contributed by atoms with Crippen molar-refractivity contribution in [2.24, 2.45) is 28.6 Å². The van der Waals surface area contributed by atoms with Gasteiger partial charge < -0.3 is 33.9 Å². The summed E-state index contributed by atoms with van der Waals surface area (Å²) >= 11 is 0. The van der Waals surface area contributed by atoms with Crippen LogP contribution < -0.4 is 40.9 Å². The summed E-state index contributed by atoms with van der Waals surface area (Å²) in [5, 5.41) is 34.5. The number of amides is 4. The first kappa shape index (κ1) is 72.5. The Morgan fingerprint density at radius 3 is 1.80 bits per heavy atom. The quantitative estimate of drug-likeness (QED) is 0.0159. The number of para-hydroxylation sites is 2. The van der Waals surface area contributed by atoms with Gasteiger partial charge in [0.1, 0.15) is 37.1 Å². The van der Waals surface area contributed by atoms with Crippen LogP contribution in [0, 0.1) is 41.3 Å². The van der Waals surface area contributed by atoms with Crippen LogP contribution in [0.3, 0.4) is 0 Å². The molecule has 0 unspecified atom stereocenters. The second-order valence-corrected chi connectivity index (χ2v) is 26.8. The predicted octanol–water partition coefficient (Wildman–Crippen LogP) is 12.1. The number of carbonyl (C=O) groups is 6. The highest BCUT2D eigenvalue weighted by molar-refractivity contribution is 6.01. The molecule has 21 nitrogen and oxygen atoms in total. The van der Waals surface area contributed by atoms with E-state index in [0.717, 1.165) is 92.8 Å². The maximum Gasteiger partial charge on any atom is 0.313 e. The predicted molar refractivity (Wildman–Crippen MR) is 386 cm³/mol. The number of pyridine rings is 2. The zero-order valence-electron chi connectivity index (χ0n) is 57.9. The minimum Gasteiger partial charge on any atom is -0.489 e. The molecule has 1 saturated heterocycles. The number of methoxy groups -OCH3 is 1. The Balaban J connectivity index is 0.000000147. The number of rotatable bonds is 25. The SMILES string of the molecule is CCOC(=O)[C@@]1(Cc2ccc(OCc3ccc4ccccc4c3)cc2)C[C@@H]1C(=O)NO.COC(=O)[C@@]1(Cc2ccc(OCc3cc(N4CCCC4)nc4ccccc34)c(F)c2)C[C@@H]1C(=O)NO.Cc1cc(COc2cccc([C@@]3(C(=O)NCCc4ccccc4)C[C@H]3C(=O)NO)c2)c2ccccc2n1. The number of anilines is 1. The van der Waals surface area contributed by atoms with Gasteiger partial charge in [-0.25, -0.2) is 25.8 Å². The normalized spacial score (nSPS) is 19.6. The number of carbonyl (C=O) groups excluding carboxylic acids is 6. The van der Waals surface area contributed by atoms with E-state index in [1.165, 1.54) is 30.0 Å². The van der Waals surface area contributed by atoms with Gasteiger partial charge in [0.25, 0.3) is 0 Å². The van der Waals surface area contributed by atoms with E-state index in [4.69, 9.17) is 39.1 Å². The lowest BCUT2D eigenvalue weighted by molar-refractivity contribution is -0.152. The summed E-state index contributed by atoms with van der Waals surface area (Å²) in [4.78, 5) is 85.9. The maximum atomic E-state index is 15.0. The molecule has 536 valence electrons. The van der Waals surface area contributed by atoms with E-state index in [-0.39, 0.29) is 37.7 Å². The summed E-state index contributed by atoms with van der Waals surface area (Å²) in [6.07, 6.45) is 4.34. The Hall–Kier alpha value is -11.3. The first-order valence-corrected chi connectivity index (χ1v) is 34.7. The number of fused-ring (bicyclic) bond motifs is 3. The summed E-state index contributed by atoms with van der Waals surface area (Å²) in [7, 11) is 1.24. The van der Waals surface area contributed by atoms with Crippen molar-refractivity contribution >= 4 is 74.0 Å². The fraction of sp³-hybridized carbons (Fsp3) is 0.293. The van der Waals surface area contributed by atoms with E-state index >= 15 is 4.39 Å². The third-order valence-corrected chi connectivity index (χ3v) is 20.1. The molecule has 0 bridgehead atoms. The van der Waals surface area contributed by atoms with Gasteiger partial charge >= 0.3 is 11.9 Å². The highest BCUT2D eigenvalue weighted by Crippen LogP contribution is 2.58. The summed E-state index contributed by atoms with van der Waals surface area (Å²) in [6.45, 7) is 7.28. The van der Waals surface area contributed by atoms with Crippen molar-refractivity contribution < 1.29 is 72.5 Å². The Morgan fingerprint density at radius 2 is 1.12 bits per heavy atom. The van der Waals surface area contributed by atoms with E-state index in [1.54, 1.807) is 29.4 Å². The summed E-state index contributed by atoms with van der Waals surface area (Å²) in [5.41, 5.74) is 10.8. The van der Waals surface area contributed by atoms with Crippen LogP contribution >= 0.6 is 0 Å². The summed E-state index contributed by atoms with van der Waals surface area (Å²) in [6, 6.07) is 63.5. The third kappa shape index (κ3) is 16.3. The van der Waals surface area contributed by atoms with Gasteiger partial charge in [-0.3, -0.25) is 49.4 Å². The Kier molecular flexibility index (Phi) is 22.5. The first-order chi connectivity index (χ1) is 50.5. The molecule has 14 rings (SSSR count). The van der Waals surface area contributed by atoms with Gasteiger partial charge in [0.05, 0.1) is 58.7 Å². The van der Waals surface area contributed by atoms with Crippen LogP contribution in [-0.2, 0) is 82.7 Å². The van der Waals surface area contributed by atoms with Gasteiger partial charge in [0.15, 0.2) is 11.6 Å². The number of aromatic nitrogens is 2. The van der Waals surface area contributed by atoms with Crippen LogP contribution in [0.1, 0.15) is 83.7 Å². The minimum atomic E-state index is -1.11. The fourth-order valence-electron chi connectivity index (χ4n) is 14.3. The lowest BCUT2D eigenvalue weighted by atomic mass is 9.91. The number of hydroxylamine groups is 3. The molecule has 3 aliphatic carbocycles. The zero-order chi connectivity index (χ0) is 73.0. The second-order valence-electron chi connectivity index (χ2n) is 26.8. The Bertz CT molecular complexity index is 4790. The molecule has 10 aromatic rings. The van der Waals surface area contributed by atoms with Gasteiger partial charge in [-0.05, 0) is 171 Å². The van der Waals surface area contributed by atoms with Crippen molar-refractivity contribution in [3.8, 4) is 17.2 Å². The first-order valence-electron chi connectivity index (χ1n) is 34.7. The number of nitrogens with one attached hydrogen (secondary N) is 4. The monoisotopic (exact) mass is 1410 g/mol. The van der Waals surface area contributed by atoms with Crippen molar-refractivity contribution in [1.29, 1.82) is 0 Å². The van der Waals surface area contributed by atoms with E-state index in [9.17, 15) is 34.0 Å². The topological polar surface area (TPSA) is 286 Å². The van der Waals surface area contributed by atoms with Gasteiger partial charge in [-0.15, -0.1) is 0 Å². The highest BCUT2D eigenvalue weighted by atomic mass is 19.1. The summed E-state index contributed by atoms with van der Waals surface area (Å²) < 4.78 is 43.0. The van der Waals surface area contributed by atoms with E-state index in [0.29, 0.717) is 62.3 Å². The molecule has 2 aromatic heterocycles. The molecular weight excluding hydrogens is 1330 g/mol. The molecule has 8 aromatic carbocycles. The molecule has 1 aliphatic heterocycles. The Morgan fingerprint density at radius 1 is 0.538 bits per heavy atom. The Labute approximate surface area is 600 Å². The number of ether oxygens (including phenoxy) is 5. The van der Waals surface area contributed by atoms with Gasteiger partial charge in [0.2, 0.25) is 23.6 Å². The van der Waals surface area contributed by atoms with Gasteiger partial charge in [-0.1, -0.05) is 133 Å². The molecule has 6 atom stereocenters. The largest absolute Gasteiger partial charge is 0.489 e. The molecule has 104 heavy (non-hydrogen) atoms. The van der Waals surface area contributed by atoms with Crippen LogP contribution in [0.15, 0.2) is 200 Å². The number of hydrogen-bond donors (Lipinski definition) is 7. The molecule has 4 fully saturated rings. The zero-order valence-corrected chi connectivity index (χ0v) is 57.9. The molecule has 0 radical (unpaired) electrons. The maximum absolute atomic E-state index is 15.0. The van der Waals surface area contributed by atoms with Crippen molar-refractivity contribution in [2.75, 3.05) is 38.3 Å². The minimum absolute atomic E-state index is 0.0925. The molecule has 7 N–H and O–H groups in total. The van der Waals surface area contributed by atoms with Crippen LogP contribution in [-0.4, -0.2) is 94.5 Å². The second kappa shape index (κ2) is 32.3. The van der Waals surface area contributed by atoms with E-state index < -0.39 is 69.5 Å². The van der Waals surface area contributed by atoms with Crippen LogP contribution in [0.2, 0.25) is 0 Å². The van der Waals surface area contributed by atoms with Crippen LogP contribution in [0.5, 0.6) is 17.2 Å². The van der Waals surface area contributed by atoms with Gasteiger partial charge in [0, 0.05) is 47.2 Å². The molecule has 3 heterocycles. The number of halogens is 1. The number of hydrogen-bond acceptors (Lipinski definition) is 17. The fourth-order valence-corrected chi connectivity index (χ4v) is 14.3.